The van der Waals surface area contributed by atoms with Crippen molar-refractivity contribution < 1.29 is 22.7 Å². The summed E-state index contributed by atoms with van der Waals surface area (Å²) in [7, 11) is 0. The normalized spacial score (nSPS) is 11.5. The second kappa shape index (κ2) is 10.6. The second-order valence-electron chi connectivity index (χ2n) is 9.32. The number of aromatic nitrogens is 2. The van der Waals surface area contributed by atoms with E-state index in [9.17, 15) is 18.0 Å². The number of nitrogens with zero attached hydrogens (tertiary/aromatic N) is 2. The lowest BCUT2D eigenvalue weighted by atomic mass is 10.0. The summed E-state index contributed by atoms with van der Waals surface area (Å²) in [4.78, 5) is 11.3. The predicted molar refractivity (Wildman–Crippen MR) is 146 cm³/mol. The lowest BCUT2D eigenvalue weighted by Crippen LogP contribution is -2.07. The minimum absolute atomic E-state index is 0.0716. The van der Waals surface area contributed by atoms with Crippen molar-refractivity contribution in [3.8, 4) is 17.0 Å². The first kappa shape index (κ1) is 26.0. The SMILES string of the molecule is CC(=O)Oc1ccc(CNc2cccc(-c3c4cccc(C(F)(F)F)c4nn3Cc3ccccc3)c2)cc1C. The molecule has 8 heteroatoms. The summed E-state index contributed by atoms with van der Waals surface area (Å²) >= 11 is 0. The third kappa shape index (κ3) is 5.80. The van der Waals surface area contributed by atoms with E-state index in [0.29, 0.717) is 29.9 Å². The van der Waals surface area contributed by atoms with Crippen LogP contribution in [0.15, 0.2) is 91.0 Å². The quantitative estimate of drug-likeness (QED) is 0.174. The largest absolute Gasteiger partial charge is 0.426 e. The smallest absolute Gasteiger partial charge is 0.418 e. The Balaban J connectivity index is 1.50. The zero-order chi connectivity index (χ0) is 27.6. The Morgan fingerprint density at radius 1 is 0.923 bits per heavy atom. The number of alkyl halides is 3. The van der Waals surface area contributed by atoms with Gasteiger partial charge in [0.05, 0.1) is 17.8 Å². The lowest BCUT2D eigenvalue weighted by Gasteiger charge is -2.12. The minimum atomic E-state index is -4.52. The molecule has 5 nitrogen and oxygen atoms in total. The number of halogens is 3. The molecule has 0 bridgehead atoms. The van der Waals surface area contributed by atoms with Gasteiger partial charge in [0.1, 0.15) is 11.3 Å². The van der Waals surface area contributed by atoms with Gasteiger partial charge in [0.2, 0.25) is 0 Å². The lowest BCUT2D eigenvalue weighted by molar-refractivity contribution is -0.136. The average Bonchev–Trinajstić information content (AvgIpc) is 3.26. The van der Waals surface area contributed by atoms with Crippen molar-refractivity contribution >= 4 is 22.6 Å². The minimum Gasteiger partial charge on any atom is -0.426 e. The molecular formula is C31H26F3N3O2. The maximum Gasteiger partial charge on any atom is 0.418 e. The fraction of sp³-hybridized carbons (Fsp3) is 0.161. The Bertz CT molecular complexity index is 1640. The summed E-state index contributed by atoms with van der Waals surface area (Å²) in [6.07, 6.45) is -4.52. The number of benzene rings is 4. The van der Waals surface area contributed by atoms with Crippen molar-refractivity contribution in [3.05, 3.63) is 113 Å². The van der Waals surface area contributed by atoms with Crippen LogP contribution in [0.2, 0.25) is 0 Å². The fourth-order valence-corrected chi connectivity index (χ4v) is 4.63. The van der Waals surface area contributed by atoms with Crippen LogP contribution in [0.3, 0.4) is 0 Å². The summed E-state index contributed by atoms with van der Waals surface area (Å²) < 4.78 is 48.4. The summed E-state index contributed by atoms with van der Waals surface area (Å²) in [6, 6.07) is 26.8. The molecule has 0 unspecified atom stereocenters. The third-order valence-electron chi connectivity index (χ3n) is 6.38. The van der Waals surface area contributed by atoms with Crippen LogP contribution >= 0.6 is 0 Å². The van der Waals surface area contributed by atoms with Gasteiger partial charge in [0.15, 0.2) is 0 Å². The number of nitrogens with one attached hydrogen (secondary N) is 1. The van der Waals surface area contributed by atoms with Crippen LogP contribution in [0.5, 0.6) is 5.75 Å². The van der Waals surface area contributed by atoms with Crippen LogP contribution in [0.1, 0.15) is 29.2 Å². The zero-order valence-electron chi connectivity index (χ0n) is 21.4. The summed E-state index contributed by atoms with van der Waals surface area (Å²) in [5.74, 6) is 0.146. The van der Waals surface area contributed by atoms with Gasteiger partial charge in [-0.05, 0) is 47.9 Å². The summed E-state index contributed by atoms with van der Waals surface area (Å²) in [5, 5.41) is 8.28. The van der Waals surface area contributed by atoms with Crippen LogP contribution in [0, 0.1) is 6.92 Å². The van der Waals surface area contributed by atoms with E-state index in [1.54, 1.807) is 16.8 Å². The Morgan fingerprint density at radius 3 is 2.41 bits per heavy atom. The Kier molecular flexibility index (Phi) is 7.11. The Morgan fingerprint density at radius 2 is 1.69 bits per heavy atom. The van der Waals surface area contributed by atoms with Gasteiger partial charge in [-0.25, -0.2) is 0 Å². The van der Waals surface area contributed by atoms with Gasteiger partial charge in [0, 0.05) is 30.1 Å². The molecule has 0 spiro atoms. The van der Waals surface area contributed by atoms with E-state index < -0.39 is 11.7 Å². The van der Waals surface area contributed by atoms with E-state index in [2.05, 4.69) is 10.4 Å². The average molecular weight is 530 g/mol. The van der Waals surface area contributed by atoms with Crippen molar-refractivity contribution in [1.29, 1.82) is 0 Å². The molecule has 1 aromatic heterocycles. The monoisotopic (exact) mass is 529 g/mol. The van der Waals surface area contributed by atoms with Crippen LogP contribution in [-0.2, 0) is 24.1 Å². The van der Waals surface area contributed by atoms with Crippen LogP contribution in [0.25, 0.3) is 22.2 Å². The van der Waals surface area contributed by atoms with E-state index in [1.807, 2.05) is 73.7 Å². The van der Waals surface area contributed by atoms with Gasteiger partial charge >= 0.3 is 12.1 Å². The van der Waals surface area contributed by atoms with Gasteiger partial charge in [-0.15, -0.1) is 0 Å². The van der Waals surface area contributed by atoms with E-state index in [0.717, 1.165) is 34.0 Å². The molecule has 0 aliphatic carbocycles. The number of hydrogen-bond donors (Lipinski definition) is 1. The van der Waals surface area contributed by atoms with E-state index in [4.69, 9.17) is 4.74 Å². The Hall–Kier alpha value is -4.59. The molecule has 0 atom stereocenters. The molecule has 5 rings (SSSR count). The molecule has 0 aliphatic rings. The standard InChI is InChI=1S/C31H26F3N3O2/c1-20-16-23(14-15-28(20)39-21(2)38)18-35-25-11-6-10-24(17-25)30-26-12-7-13-27(31(32,33)34)29(26)36-37(30)19-22-8-4-3-5-9-22/h3-17,35H,18-19H2,1-2H3. The van der Waals surface area contributed by atoms with Crippen LogP contribution in [0.4, 0.5) is 18.9 Å². The number of rotatable bonds is 7. The highest BCUT2D eigenvalue weighted by Gasteiger charge is 2.34. The molecule has 0 aliphatic heterocycles. The fourth-order valence-electron chi connectivity index (χ4n) is 4.63. The molecule has 0 radical (unpaired) electrons. The highest BCUT2D eigenvalue weighted by atomic mass is 19.4. The van der Waals surface area contributed by atoms with Crippen LogP contribution < -0.4 is 10.1 Å². The molecule has 0 saturated carbocycles. The molecule has 4 aromatic carbocycles. The first-order chi connectivity index (χ1) is 18.7. The summed E-state index contributed by atoms with van der Waals surface area (Å²) in [6.45, 7) is 4.07. The number of esters is 1. The highest BCUT2D eigenvalue weighted by Crippen LogP contribution is 2.38. The topological polar surface area (TPSA) is 56.1 Å². The number of ether oxygens (including phenoxy) is 1. The van der Waals surface area contributed by atoms with Crippen molar-refractivity contribution in [2.75, 3.05) is 5.32 Å². The summed E-state index contributed by atoms with van der Waals surface area (Å²) in [5.41, 5.74) is 4.11. The molecular weight excluding hydrogens is 503 g/mol. The molecule has 0 amide bonds. The second-order valence-corrected chi connectivity index (χ2v) is 9.32. The number of hydrogen-bond acceptors (Lipinski definition) is 4. The van der Waals surface area contributed by atoms with E-state index in [-0.39, 0.29) is 11.5 Å². The first-order valence-electron chi connectivity index (χ1n) is 12.4. The van der Waals surface area contributed by atoms with Crippen molar-refractivity contribution in [2.45, 2.75) is 33.1 Å². The third-order valence-corrected chi connectivity index (χ3v) is 6.38. The molecule has 198 valence electrons. The molecule has 0 saturated heterocycles. The highest BCUT2D eigenvalue weighted by molar-refractivity contribution is 5.95. The van der Waals surface area contributed by atoms with Crippen molar-refractivity contribution in [3.63, 3.8) is 0 Å². The molecule has 39 heavy (non-hydrogen) atoms. The van der Waals surface area contributed by atoms with Crippen LogP contribution in [-0.4, -0.2) is 15.7 Å². The molecule has 0 fully saturated rings. The van der Waals surface area contributed by atoms with Crippen molar-refractivity contribution in [1.82, 2.24) is 9.78 Å². The number of aryl methyl sites for hydroxylation is 1. The van der Waals surface area contributed by atoms with Gasteiger partial charge in [-0.3, -0.25) is 9.48 Å². The zero-order valence-corrected chi connectivity index (χ0v) is 21.4. The van der Waals surface area contributed by atoms with E-state index in [1.165, 1.54) is 13.0 Å². The van der Waals surface area contributed by atoms with Gasteiger partial charge in [-0.1, -0.05) is 66.7 Å². The Labute approximate surface area is 223 Å². The first-order valence-corrected chi connectivity index (χ1v) is 12.4. The number of carbonyl (C=O) groups is 1. The maximum absolute atomic E-state index is 13.8. The van der Waals surface area contributed by atoms with Gasteiger partial charge in [0.25, 0.3) is 0 Å². The van der Waals surface area contributed by atoms with E-state index >= 15 is 0 Å². The number of fused-ring (bicyclic) bond motifs is 1. The molecule has 5 aromatic rings. The predicted octanol–water partition coefficient (Wildman–Crippen LogP) is 7.62. The molecule has 1 N–H and O–H groups in total. The van der Waals surface area contributed by atoms with Crippen molar-refractivity contribution in [2.24, 2.45) is 0 Å². The van der Waals surface area contributed by atoms with Gasteiger partial charge < -0.3 is 10.1 Å². The number of anilines is 1. The van der Waals surface area contributed by atoms with Gasteiger partial charge in [-0.2, -0.15) is 18.3 Å². The molecule has 1 heterocycles. The maximum atomic E-state index is 13.8. The number of carbonyl (C=O) groups excluding carboxylic acids is 1.